The molecular weight excluding hydrogens is 246 g/mol. The van der Waals surface area contributed by atoms with Crippen LogP contribution in [0.1, 0.15) is 26.0 Å². The van der Waals surface area contributed by atoms with E-state index in [1.807, 2.05) is 12.1 Å². The fourth-order valence-electron chi connectivity index (χ4n) is 1.61. The number of carboxylic acids is 1. The van der Waals surface area contributed by atoms with Crippen molar-refractivity contribution in [1.29, 1.82) is 0 Å². The zero-order chi connectivity index (χ0) is 14.5. The lowest BCUT2D eigenvalue weighted by molar-refractivity contribution is -0.138. The monoisotopic (exact) mass is 265 g/mol. The first kappa shape index (κ1) is 14.9. The first-order chi connectivity index (χ1) is 8.80. The molecule has 0 radical (unpaired) electrons. The molecule has 0 aromatic carbocycles. The van der Waals surface area contributed by atoms with Crippen LogP contribution in [0.4, 0.5) is 4.79 Å². The van der Waals surface area contributed by atoms with Gasteiger partial charge in [-0.05, 0) is 26.0 Å². The Kier molecular flexibility index (Phi) is 4.86. The number of carbonyl (C=O) groups excluding carboxylic acids is 1. The molecule has 0 atom stereocenters. The fourth-order valence-corrected chi connectivity index (χ4v) is 1.61. The zero-order valence-electron chi connectivity index (χ0n) is 11.4. The number of carbonyl (C=O) groups is 2. The topological polar surface area (TPSA) is 82.5 Å². The lowest BCUT2D eigenvalue weighted by atomic mass is 10.0. The molecule has 1 heterocycles. The Balaban J connectivity index is 2.56. The van der Waals surface area contributed by atoms with Crippen LogP contribution in [-0.4, -0.2) is 39.6 Å². The van der Waals surface area contributed by atoms with Crippen molar-refractivity contribution < 1.29 is 14.7 Å². The Morgan fingerprint density at radius 3 is 2.63 bits per heavy atom. The second-order valence-corrected chi connectivity index (χ2v) is 5.06. The van der Waals surface area contributed by atoms with Crippen LogP contribution in [0, 0.1) is 0 Å². The van der Waals surface area contributed by atoms with Crippen molar-refractivity contribution in [3.05, 3.63) is 30.1 Å². The van der Waals surface area contributed by atoms with Gasteiger partial charge >= 0.3 is 12.0 Å². The van der Waals surface area contributed by atoms with Crippen molar-refractivity contribution in [3.63, 3.8) is 0 Å². The van der Waals surface area contributed by atoms with Gasteiger partial charge in [-0.2, -0.15) is 0 Å². The maximum absolute atomic E-state index is 11.9. The van der Waals surface area contributed by atoms with E-state index in [-0.39, 0.29) is 12.5 Å². The SMILES string of the molecule is CN(Cc1ccccn1)C(=O)NC(C)(C)CC(=O)O. The minimum Gasteiger partial charge on any atom is -0.481 e. The van der Waals surface area contributed by atoms with Crippen LogP contribution in [-0.2, 0) is 11.3 Å². The molecule has 0 aliphatic rings. The van der Waals surface area contributed by atoms with Crippen molar-refractivity contribution in [1.82, 2.24) is 15.2 Å². The maximum Gasteiger partial charge on any atom is 0.317 e. The molecule has 1 rings (SSSR count). The van der Waals surface area contributed by atoms with Gasteiger partial charge in [0.25, 0.3) is 0 Å². The molecule has 2 amide bonds. The number of hydrogen-bond donors (Lipinski definition) is 2. The van der Waals surface area contributed by atoms with Gasteiger partial charge in [-0.3, -0.25) is 9.78 Å². The van der Waals surface area contributed by atoms with E-state index in [2.05, 4.69) is 10.3 Å². The Labute approximate surface area is 112 Å². The normalized spacial score (nSPS) is 10.9. The molecule has 0 fully saturated rings. The molecule has 0 spiro atoms. The summed E-state index contributed by atoms with van der Waals surface area (Å²) in [4.78, 5) is 28.2. The summed E-state index contributed by atoms with van der Waals surface area (Å²) >= 11 is 0. The summed E-state index contributed by atoms with van der Waals surface area (Å²) in [6.07, 6.45) is 1.53. The highest BCUT2D eigenvalue weighted by atomic mass is 16.4. The van der Waals surface area contributed by atoms with Gasteiger partial charge in [0.1, 0.15) is 0 Å². The quantitative estimate of drug-likeness (QED) is 0.844. The highest BCUT2D eigenvalue weighted by molar-refractivity contribution is 5.76. The number of nitrogens with zero attached hydrogens (tertiary/aromatic N) is 2. The molecule has 19 heavy (non-hydrogen) atoms. The smallest absolute Gasteiger partial charge is 0.317 e. The summed E-state index contributed by atoms with van der Waals surface area (Å²) < 4.78 is 0. The van der Waals surface area contributed by atoms with E-state index < -0.39 is 11.5 Å². The van der Waals surface area contributed by atoms with Crippen LogP contribution in [0.5, 0.6) is 0 Å². The Bertz CT molecular complexity index is 446. The second kappa shape index (κ2) is 6.17. The molecule has 1 aromatic rings. The van der Waals surface area contributed by atoms with Gasteiger partial charge in [-0.15, -0.1) is 0 Å². The Morgan fingerprint density at radius 2 is 2.11 bits per heavy atom. The number of pyridine rings is 1. The molecule has 0 saturated heterocycles. The molecule has 6 heteroatoms. The minimum atomic E-state index is -0.947. The first-order valence-electron chi connectivity index (χ1n) is 5.95. The van der Waals surface area contributed by atoms with Gasteiger partial charge in [-0.1, -0.05) is 6.07 Å². The minimum absolute atomic E-state index is 0.129. The molecule has 0 unspecified atom stereocenters. The number of carboxylic acid groups (broad SMARTS) is 1. The van der Waals surface area contributed by atoms with Crippen molar-refractivity contribution in [2.75, 3.05) is 7.05 Å². The summed E-state index contributed by atoms with van der Waals surface area (Å²) in [7, 11) is 1.64. The van der Waals surface area contributed by atoms with Gasteiger partial charge in [-0.25, -0.2) is 4.79 Å². The number of nitrogens with one attached hydrogen (secondary N) is 1. The van der Waals surface area contributed by atoms with Crippen LogP contribution in [0.3, 0.4) is 0 Å². The number of hydrogen-bond acceptors (Lipinski definition) is 3. The van der Waals surface area contributed by atoms with E-state index in [1.165, 1.54) is 4.90 Å². The summed E-state index contributed by atoms with van der Waals surface area (Å²) in [5.74, 6) is -0.947. The molecule has 1 aromatic heterocycles. The Morgan fingerprint density at radius 1 is 1.42 bits per heavy atom. The van der Waals surface area contributed by atoms with Gasteiger partial charge in [0, 0.05) is 18.8 Å². The molecule has 0 aliphatic carbocycles. The molecule has 2 N–H and O–H groups in total. The van der Waals surface area contributed by atoms with Crippen molar-refractivity contribution in [2.45, 2.75) is 32.4 Å². The van der Waals surface area contributed by atoms with E-state index in [1.54, 1.807) is 33.2 Å². The van der Waals surface area contributed by atoms with Crippen molar-refractivity contribution >= 4 is 12.0 Å². The Hall–Kier alpha value is -2.11. The highest BCUT2D eigenvalue weighted by Gasteiger charge is 2.25. The molecule has 104 valence electrons. The number of amides is 2. The molecular formula is C13H19N3O3. The van der Waals surface area contributed by atoms with Crippen LogP contribution < -0.4 is 5.32 Å². The molecule has 6 nitrogen and oxygen atoms in total. The fraction of sp³-hybridized carbons (Fsp3) is 0.462. The van der Waals surface area contributed by atoms with E-state index >= 15 is 0 Å². The van der Waals surface area contributed by atoms with Gasteiger partial charge in [0.2, 0.25) is 0 Å². The second-order valence-electron chi connectivity index (χ2n) is 5.06. The summed E-state index contributed by atoms with van der Waals surface area (Å²) in [5, 5.41) is 11.4. The van der Waals surface area contributed by atoms with E-state index in [0.717, 1.165) is 5.69 Å². The predicted octanol–water partition coefficient (Wildman–Crippen LogP) is 1.48. The van der Waals surface area contributed by atoms with Gasteiger partial charge < -0.3 is 15.3 Å². The van der Waals surface area contributed by atoms with Crippen LogP contribution in [0.2, 0.25) is 0 Å². The zero-order valence-corrected chi connectivity index (χ0v) is 11.4. The number of aliphatic carboxylic acids is 1. The van der Waals surface area contributed by atoms with E-state index in [4.69, 9.17) is 5.11 Å². The average Bonchev–Trinajstić information content (AvgIpc) is 2.27. The standard InChI is InChI=1S/C13H19N3O3/c1-13(2,8-11(17)18)15-12(19)16(3)9-10-6-4-5-7-14-10/h4-7H,8-9H2,1-3H3,(H,15,19)(H,17,18). The first-order valence-corrected chi connectivity index (χ1v) is 5.95. The average molecular weight is 265 g/mol. The largest absolute Gasteiger partial charge is 0.481 e. The summed E-state index contributed by atoms with van der Waals surface area (Å²) in [6, 6.07) is 5.16. The number of urea groups is 1. The molecule has 0 aliphatic heterocycles. The lowest BCUT2D eigenvalue weighted by Crippen LogP contribution is -2.49. The van der Waals surface area contributed by atoms with Crippen LogP contribution >= 0.6 is 0 Å². The highest BCUT2D eigenvalue weighted by Crippen LogP contribution is 2.09. The van der Waals surface area contributed by atoms with E-state index in [9.17, 15) is 9.59 Å². The predicted molar refractivity (Wildman–Crippen MR) is 70.6 cm³/mol. The summed E-state index contributed by atoms with van der Waals surface area (Å²) in [5.41, 5.74) is -0.0161. The van der Waals surface area contributed by atoms with Crippen molar-refractivity contribution in [3.8, 4) is 0 Å². The van der Waals surface area contributed by atoms with E-state index in [0.29, 0.717) is 6.54 Å². The van der Waals surface area contributed by atoms with Crippen LogP contribution in [0.25, 0.3) is 0 Å². The maximum atomic E-state index is 11.9. The van der Waals surface area contributed by atoms with Gasteiger partial charge in [0.15, 0.2) is 0 Å². The number of rotatable bonds is 5. The molecule has 0 bridgehead atoms. The summed E-state index contributed by atoms with van der Waals surface area (Å²) in [6.45, 7) is 3.72. The lowest BCUT2D eigenvalue weighted by Gasteiger charge is -2.27. The third kappa shape index (κ3) is 5.37. The van der Waals surface area contributed by atoms with Crippen LogP contribution in [0.15, 0.2) is 24.4 Å². The number of aromatic nitrogens is 1. The third-order valence-corrected chi connectivity index (χ3v) is 2.51. The van der Waals surface area contributed by atoms with Crippen molar-refractivity contribution in [2.24, 2.45) is 0 Å². The molecule has 0 saturated carbocycles. The third-order valence-electron chi connectivity index (χ3n) is 2.51. The van der Waals surface area contributed by atoms with Gasteiger partial charge in [0.05, 0.1) is 18.7 Å².